The van der Waals surface area contributed by atoms with E-state index in [2.05, 4.69) is 43.0 Å². The van der Waals surface area contributed by atoms with E-state index in [4.69, 9.17) is 0 Å². The Morgan fingerprint density at radius 3 is 2.73 bits per heavy atom. The number of aromatic amines is 1. The molecule has 0 fully saturated rings. The third-order valence-electron chi connectivity index (χ3n) is 3.51. The van der Waals surface area contributed by atoms with E-state index in [1.165, 1.54) is 0 Å². The Morgan fingerprint density at radius 2 is 2.05 bits per heavy atom. The monoisotopic (exact) mass is 378 g/mol. The molecule has 0 aliphatic carbocycles. The molecule has 10 heteroatoms. The Balaban J connectivity index is 2.01. The molecule has 0 aromatic carbocycles. The van der Waals surface area contributed by atoms with Gasteiger partial charge in [-0.25, -0.2) is 4.98 Å². The van der Waals surface area contributed by atoms with Crippen molar-refractivity contribution in [3.63, 3.8) is 0 Å². The normalized spacial score (nSPS) is 14.1. The molecule has 0 amide bonds. The summed E-state index contributed by atoms with van der Waals surface area (Å²) in [5.41, 5.74) is 0.612. The van der Waals surface area contributed by atoms with E-state index in [1.54, 1.807) is 4.90 Å². The van der Waals surface area contributed by atoms with Crippen LogP contribution in [0.5, 0.6) is 0 Å². The standard InChI is InChI=1S/C12H14BrF3N6/c1-2-3-4-5-21-8-7(17-10(13)18-8)6-22-9(12(14,15)16)19-20-11(21)22/h2-6H2,1H3,(H,17,18). The molecule has 0 saturated carbocycles. The second-order valence-corrected chi connectivity index (χ2v) is 5.85. The first-order valence-electron chi connectivity index (χ1n) is 6.94. The lowest BCUT2D eigenvalue weighted by Gasteiger charge is -2.27. The van der Waals surface area contributed by atoms with Crippen molar-refractivity contribution in [1.82, 2.24) is 24.7 Å². The van der Waals surface area contributed by atoms with Gasteiger partial charge in [0.15, 0.2) is 10.6 Å². The van der Waals surface area contributed by atoms with Crippen molar-refractivity contribution in [2.75, 3.05) is 11.4 Å². The fourth-order valence-electron chi connectivity index (χ4n) is 2.53. The van der Waals surface area contributed by atoms with Gasteiger partial charge in [-0.15, -0.1) is 10.2 Å². The molecule has 22 heavy (non-hydrogen) atoms. The first kappa shape index (κ1) is 15.3. The van der Waals surface area contributed by atoms with Gasteiger partial charge in [0.25, 0.3) is 0 Å². The zero-order valence-electron chi connectivity index (χ0n) is 11.8. The van der Waals surface area contributed by atoms with Crippen molar-refractivity contribution in [3.05, 3.63) is 16.3 Å². The van der Waals surface area contributed by atoms with E-state index >= 15 is 0 Å². The molecule has 0 atom stereocenters. The van der Waals surface area contributed by atoms with Gasteiger partial charge in [-0.1, -0.05) is 19.8 Å². The van der Waals surface area contributed by atoms with Crippen LogP contribution in [0.2, 0.25) is 0 Å². The summed E-state index contributed by atoms with van der Waals surface area (Å²) in [6.45, 7) is 2.64. The van der Waals surface area contributed by atoms with Crippen molar-refractivity contribution in [1.29, 1.82) is 0 Å². The highest BCUT2D eigenvalue weighted by Gasteiger charge is 2.41. The maximum Gasteiger partial charge on any atom is 0.451 e. The van der Waals surface area contributed by atoms with Crippen LogP contribution in [0.15, 0.2) is 4.73 Å². The van der Waals surface area contributed by atoms with Gasteiger partial charge in [-0.05, 0) is 22.4 Å². The van der Waals surface area contributed by atoms with Crippen molar-refractivity contribution < 1.29 is 13.2 Å². The number of nitrogens with one attached hydrogen (secondary N) is 1. The van der Waals surface area contributed by atoms with Crippen LogP contribution in [0.3, 0.4) is 0 Å². The van der Waals surface area contributed by atoms with E-state index in [0.29, 0.717) is 22.8 Å². The lowest BCUT2D eigenvalue weighted by molar-refractivity contribution is -0.147. The van der Waals surface area contributed by atoms with Gasteiger partial charge in [0.2, 0.25) is 11.8 Å². The molecule has 2 aromatic heterocycles. The Morgan fingerprint density at radius 1 is 1.27 bits per heavy atom. The molecule has 6 nitrogen and oxygen atoms in total. The third-order valence-corrected chi connectivity index (χ3v) is 3.89. The Hall–Kier alpha value is -1.58. The van der Waals surface area contributed by atoms with E-state index in [9.17, 15) is 13.2 Å². The van der Waals surface area contributed by atoms with Crippen molar-refractivity contribution in [3.8, 4) is 0 Å². The highest BCUT2D eigenvalue weighted by atomic mass is 79.9. The predicted molar refractivity (Wildman–Crippen MR) is 76.9 cm³/mol. The van der Waals surface area contributed by atoms with Crippen LogP contribution in [0.1, 0.15) is 37.7 Å². The fraction of sp³-hybridized carbons (Fsp3) is 0.583. The van der Waals surface area contributed by atoms with Crippen LogP contribution in [-0.2, 0) is 12.7 Å². The van der Waals surface area contributed by atoms with E-state index in [1.807, 2.05) is 0 Å². The number of rotatable bonds is 4. The van der Waals surface area contributed by atoms with Gasteiger partial charge in [-0.2, -0.15) is 13.2 Å². The largest absolute Gasteiger partial charge is 0.451 e. The number of unbranched alkanes of at least 4 members (excludes halogenated alkanes) is 2. The average Bonchev–Trinajstić information content (AvgIpc) is 3.00. The minimum Gasteiger partial charge on any atom is -0.333 e. The molecule has 0 saturated heterocycles. The van der Waals surface area contributed by atoms with Crippen LogP contribution in [0.4, 0.5) is 24.9 Å². The number of hydrogen-bond donors (Lipinski definition) is 1. The van der Waals surface area contributed by atoms with Crippen LogP contribution in [0.25, 0.3) is 0 Å². The second-order valence-electron chi connectivity index (χ2n) is 5.10. The molecule has 3 rings (SSSR count). The highest BCUT2D eigenvalue weighted by molar-refractivity contribution is 9.10. The molecule has 0 unspecified atom stereocenters. The topological polar surface area (TPSA) is 62.6 Å². The quantitative estimate of drug-likeness (QED) is 0.827. The molecule has 1 aliphatic rings. The molecule has 0 bridgehead atoms. The number of hydrogen-bond acceptors (Lipinski definition) is 4. The van der Waals surface area contributed by atoms with Gasteiger partial charge >= 0.3 is 6.18 Å². The minimum absolute atomic E-state index is 0.0232. The number of imidazole rings is 1. The van der Waals surface area contributed by atoms with Gasteiger partial charge in [-0.3, -0.25) is 9.47 Å². The molecule has 3 heterocycles. The first-order chi connectivity index (χ1) is 10.4. The van der Waals surface area contributed by atoms with Gasteiger partial charge in [0, 0.05) is 6.54 Å². The number of fused-ring (bicyclic) bond motifs is 2. The second kappa shape index (κ2) is 5.56. The molecule has 2 aromatic rings. The van der Waals surface area contributed by atoms with Crippen molar-refractivity contribution in [2.24, 2.45) is 0 Å². The number of nitrogens with zero attached hydrogens (tertiary/aromatic N) is 5. The van der Waals surface area contributed by atoms with Crippen LogP contribution in [-0.4, -0.2) is 31.3 Å². The molecular weight excluding hydrogens is 365 g/mol. The first-order valence-corrected chi connectivity index (χ1v) is 7.73. The Kier molecular flexibility index (Phi) is 3.87. The summed E-state index contributed by atoms with van der Waals surface area (Å²) in [4.78, 5) is 8.95. The average molecular weight is 379 g/mol. The number of halogens is 4. The number of anilines is 2. The SMILES string of the molecule is CCCCCN1c2nc(Br)[nH]c2Cn2c1nnc2C(F)(F)F. The third kappa shape index (κ3) is 2.59. The minimum atomic E-state index is -4.53. The molecule has 120 valence electrons. The maximum absolute atomic E-state index is 13.0. The van der Waals surface area contributed by atoms with Gasteiger partial charge in [0.05, 0.1) is 12.2 Å². The summed E-state index contributed by atoms with van der Waals surface area (Å²) in [7, 11) is 0. The summed E-state index contributed by atoms with van der Waals surface area (Å²) in [6.07, 6.45) is -1.69. The molecule has 1 N–H and O–H groups in total. The smallest absolute Gasteiger partial charge is 0.333 e. The van der Waals surface area contributed by atoms with Gasteiger partial charge < -0.3 is 4.98 Å². The highest BCUT2D eigenvalue weighted by Crippen LogP contribution is 2.37. The summed E-state index contributed by atoms with van der Waals surface area (Å²) < 4.78 is 40.7. The van der Waals surface area contributed by atoms with E-state index in [-0.39, 0.29) is 12.5 Å². The molecule has 0 radical (unpaired) electrons. The fourth-order valence-corrected chi connectivity index (χ4v) is 2.94. The molecule has 1 aliphatic heterocycles. The van der Waals surface area contributed by atoms with E-state index in [0.717, 1.165) is 23.8 Å². The molecular formula is C12H14BrF3N6. The molecule has 0 spiro atoms. The number of aromatic nitrogens is 5. The summed E-state index contributed by atoms with van der Waals surface area (Å²) >= 11 is 3.23. The lowest BCUT2D eigenvalue weighted by Crippen LogP contribution is -2.29. The van der Waals surface area contributed by atoms with Crippen molar-refractivity contribution >= 4 is 27.7 Å². The number of H-pyrrole nitrogens is 1. The van der Waals surface area contributed by atoms with Gasteiger partial charge in [0.1, 0.15) is 0 Å². The van der Waals surface area contributed by atoms with Crippen molar-refractivity contribution in [2.45, 2.75) is 38.9 Å². The van der Waals surface area contributed by atoms with E-state index < -0.39 is 12.0 Å². The van der Waals surface area contributed by atoms with Crippen LogP contribution in [0, 0.1) is 0 Å². The summed E-state index contributed by atoms with van der Waals surface area (Å²) in [6, 6.07) is 0. The Labute approximate surface area is 132 Å². The van der Waals surface area contributed by atoms with Crippen LogP contribution < -0.4 is 4.90 Å². The lowest BCUT2D eigenvalue weighted by atomic mass is 10.2. The number of alkyl halides is 3. The van der Waals surface area contributed by atoms with Crippen LogP contribution >= 0.6 is 15.9 Å². The summed E-state index contributed by atoms with van der Waals surface area (Å²) in [5, 5.41) is 7.07. The Bertz CT molecular complexity index is 677. The summed E-state index contributed by atoms with van der Waals surface area (Å²) in [5.74, 6) is -0.189. The predicted octanol–water partition coefficient (Wildman–Crippen LogP) is 3.47. The maximum atomic E-state index is 13.0. The zero-order valence-corrected chi connectivity index (χ0v) is 13.4. The zero-order chi connectivity index (χ0) is 15.9.